The van der Waals surface area contributed by atoms with E-state index < -0.39 is 29.7 Å². The Bertz CT molecular complexity index is 1680. The summed E-state index contributed by atoms with van der Waals surface area (Å²) in [4.78, 5) is 32.7. The van der Waals surface area contributed by atoms with Gasteiger partial charge < -0.3 is 14.2 Å². The number of methoxy groups -OCH3 is 1. The maximum Gasteiger partial charge on any atom is 0.327 e. The Hall–Kier alpha value is -4.03. The number of benzene rings is 1. The number of hydrogen-bond acceptors (Lipinski definition) is 8. The number of nitrogens with zero attached hydrogens (tertiary/aromatic N) is 4. The molecule has 0 aliphatic carbocycles. The predicted octanol–water partition coefficient (Wildman–Crippen LogP) is 5.28. The average Bonchev–Trinajstić information content (AvgIpc) is 3.66. The minimum atomic E-state index is -1.03. The molecule has 1 N–H and O–H groups in total. The van der Waals surface area contributed by atoms with Crippen molar-refractivity contribution in [2.75, 3.05) is 12.0 Å². The number of aromatic nitrogens is 3. The number of fused-ring (bicyclic) bond motifs is 1. The Balaban J connectivity index is 1.54. The monoisotopic (exact) mass is 565 g/mol. The lowest BCUT2D eigenvalue weighted by Crippen LogP contribution is -2.39. The van der Waals surface area contributed by atoms with E-state index in [2.05, 4.69) is 9.88 Å². The Morgan fingerprint density at radius 1 is 1.20 bits per heavy atom. The summed E-state index contributed by atoms with van der Waals surface area (Å²) in [6.45, 7) is 3.71. The smallest absolute Gasteiger partial charge is 0.327 e. The number of pyridine rings is 1. The number of imidazole rings is 1. The van der Waals surface area contributed by atoms with E-state index in [0.29, 0.717) is 35.6 Å². The molecule has 1 amide bonds. The van der Waals surface area contributed by atoms with Gasteiger partial charge in [0, 0.05) is 34.8 Å². The zero-order valence-electron chi connectivity index (χ0n) is 21.9. The number of carbonyl (C=O) groups is 2. The molecule has 0 radical (unpaired) electrons. The van der Waals surface area contributed by atoms with E-state index in [0.717, 1.165) is 33.9 Å². The second-order valence-electron chi connectivity index (χ2n) is 9.71. The van der Waals surface area contributed by atoms with Gasteiger partial charge in [-0.15, -0.1) is 0 Å². The third-order valence-corrected chi connectivity index (χ3v) is 8.14. The van der Waals surface area contributed by atoms with Crippen LogP contribution in [0.5, 0.6) is 0 Å². The van der Waals surface area contributed by atoms with Crippen molar-refractivity contribution in [1.82, 2.24) is 19.3 Å². The van der Waals surface area contributed by atoms with Gasteiger partial charge >= 0.3 is 5.97 Å². The van der Waals surface area contributed by atoms with Crippen LogP contribution in [0.1, 0.15) is 48.1 Å². The van der Waals surface area contributed by atoms with Crippen LogP contribution >= 0.6 is 11.9 Å². The lowest BCUT2D eigenvalue weighted by molar-refractivity contribution is -0.141. The summed E-state index contributed by atoms with van der Waals surface area (Å²) in [5.41, 5.74) is 4.61. The minimum absolute atomic E-state index is 0.208. The van der Waals surface area contributed by atoms with E-state index in [9.17, 15) is 18.4 Å². The molecule has 2 aliphatic rings. The largest absolute Gasteiger partial charge is 0.468 e. The van der Waals surface area contributed by atoms with E-state index in [1.807, 2.05) is 36.6 Å². The molecule has 2 unspecified atom stereocenters. The topological polar surface area (TPSA) is 102 Å². The first-order valence-electron chi connectivity index (χ1n) is 12.7. The Morgan fingerprint density at radius 3 is 2.75 bits per heavy atom. The number of aryl methyl sites for hydroxylation is 2. The highest BCUT2D eigenvalue weighted by atomic mass is 32.2. The van der Waals surface area contributed by atoms with Gasteiger partial charge in [-0.1, -0.05) is 5.16 Å². The summed E-state index contributed by atoms with van der Waals surface area (Å²) in [7, 11) is 1.32. The fraction of sp³-hybridized carbons (Fsp3) is 0.286. The van der Waals surface area contributed by atoms with Crippen molar-refractivity contribution >= 4 is 40.1 Å². The average molecular weight is 566 g/mol. The zero-order chi connectivity index (χ0) is 28.1. The molecule has 0 saturated carbocycles. The van der Waals surface area contributed by atoms with Gasteiger partial charge in [0.25, 0.3) is 0 Å². The number of halogens is 2. The highest BCUT2D eigenvalue weighted by Gasteiger charge is 2.37. The normalized spacial score (nSPS) is 19.4. The summed E-state index contributed by atoms with van der Waals surface area (Å²) >= 11 is 1.27. The number of piperidine rings is 1. The SMILES string of the molecule is COC(=O)C1C=C(c2c(C3CCCC(=O)N3c3ccc(F)c(F)c3)nc3cc(-c4c(C)noc4C)ccn23)SN1. The first-order chi connectivity index (χ1) is 19.3. The van der Waals surface area contributed by atoms with E-state index >= 15 is 0 Å². The number of esters is 1. The van der Waals surface area contributed by atoms with Crippen LogP contribution in [0.25, 0.3) is 21.7 Å². The standard InChI is InChI=1S/C28H25F2N5O4S/c1-14-25(15(2)39-32-14)16-9-10-34-23(11-16)31-26(27(34)22-13-20(33-40-22)28(37)38-3)21-5-4-6-24(36)35(21)17-7-8-18(29)19(30)12-17/h7-13,20-21,33H,4-6H2,1-3H3. The number of amides is 1. The van der Waals surface area contributed by atoms with Crippen LogP contribution in [0.3, 0.4) is 0 Å². The summed E-state index contributed by atoms with van der Waals surface area (Å²) in [5.74, 6) is -1.99. The van der Waals surface area contributed by atoms with E-state index in [-0.39, 0.29) is 18.0 Å². The minimum Gasteiger partial charge on any atom is -0.468 e. The molecule has 0 spiro atoms. The number of ether oxygens (including phenoxy) is 1. The molecule has 40 heavy (non-hydrogen) atoms. The maximum atomic E-state index is 14.3. The van der Waals surface area contributed by atoms with Gasteiger partial charge in [0.1, 0.15) is 17.4 Å². The molecule has 5 heterocycles. The van der Waals surface area contributed by atoms with Crippen LogP contribution < -0.4 is 9.62 Å². The van der Waals surface area contributed by atoms with Crippen molar-refractivity contribution in [1.29, 1.82) is 0 Å². The third-order valence-electron chi connectivity index (χ3n) is 7.22. The fourth-order valence-electron chi connectivity index (χ4n) is 5.40. The first kappa shape index (κ1) is 26.2. The van der Waals surface area contributed by atoms with E-state index in [4.69, 9.17) is 14.2 Å². The van der Waals surface area contributed by atoms with Crippen molar-refractivity contribution in [2.45, 2.75) is 45.2 Å². The Kier molecular flexibility index (Phi) is 6.67. The summed E-state index contributed by atoms with van der Waals surface area (Å²) in [5, 5.41) is 4.06. The summed E-state index contributed by atoms with van der Waals surface area (Å²) < 4.78 is 43.3. The van der Waals surface area contributed by atoms with Gasteiger partial charge in [0.2, 0.25) is 5.91 Å². The number of rotatable bonds is 5. The maximum absolute atomic E-state index is 14.3. The van der Waals surface area contributed by atoms with Crippen LogP contribution in [0.4, 0.5) is 14.5 Å². The zero-order valence-corrected chi connectivity index (χ0v) is 22.7. The highest BCUT2D eigenvalue weighted by Crippen LogP contribution is 2.43. The molecule has 1 saturated heterocycles. The molecule has 1 aromatic carbocycles. The molecule has 0 bridgehead atoms. The fourth-order valence-corrected chi connectivity index (χ4v) is 6.32. The van der Waals surface area contributed by atoms with Crippen LogP contribution in [0.2, 0.25) is 0 Å². The number of anilines is 1. The number of carbonyl (C=O) groups excluding carboxylic acids is 2. The second kappa shape index (κ2) is 10.2. The summed E-state index contributed by atoms with van der Waals surface area (Å²) in [6, 6.07) is 6.08. The van der Waals surface area contributed by atoms with Crippen LogP contribution in [-0.4, -0.2) is 39.6 Å². The molecule has 1 fully saturated rings. The predicted molar refractivity (Wildman–Crippen MR) is 145 cm³/mol. The first-order valence-corrected chi connectivity index (χ1v) is 13.5. The van der Waals surface area contributed by atoms with Gasteiger partial charge in [-0.2, -0.15) is 0 Å². The number of hydrogen-bond donors (Lipinski definition) is 1. The lowest BCUT2D eigenvalue weighted by atomic mass is 9.96. The molecular formula is C28H25F2N5O4S. The van der Waals surface area contributed by atoms with E-state index in [1.165, 1.54) is 30.0 Å². The molecule has 6 rings (SSSR count). The molecule has 12 heteroatoms. The number of nitrogens with one attached hydrogen (secondary N) is 1. The molecule has 3 aromatic heterocycles. The van der Waals surface area contributed by atoms with Gasteiger partial charge in [-0.3, -0.25) is 9.20 Å². The summed E-state index contributed by atoms with van der Waals surface area (Å²) in [6.07, 6.45) is 5.08. The molecule has 2 aliphatic heterocycles. The van der Waals surface area contributed by atoms with Crippen molar-refractivity contribution < 1.29 is 27.6 Å². The third kappa shape index (κ3) is 4.37. The quantitative estimate of drug-likeness (QED) is 0.258. The van der Waals surface area contributed by atoms with Gasteiger partial charge in [-0.05, 0) is 74.5 Å². The van der Waals surface area contributed by atoms with Crippen molar-refractivity contribution in [3.05, 3.63) is 77.1 Å². The highest BCUT2D eigenvalue weighted by molar-refractivity contribution is 8.06. The van der Waals surface area contributed by atoms with Crippen LogP contribution in [0.15, 0.2) is 47.1 Å². The van der Waals surface area contributed by atoms with Gasteiger partial charge in [-0.25, -0.2) is 23.3 Å². The van der Waals surface area contributed by atoms with Gasteiger partial charge in [0.05, 0.1) is 30.2 Å². The molecular weight excluding hydrogens is 540 g/mol. The van der Waals surface area contributed by atoms with Crippen molar-refractivity contribution in [3.63, 3.8) is 0 Å². The molecule has 206 valence electrons. The lowest BCUT2D eigenvalue weighted by Gasteiger charge is -2.35. The molecule has 2 atom stereocenters. The van der Waals surface area contributed by atoms with Crippen LogP contribution in [0, 0.1) is 25.5 Å². The van der Waals surface area contributed by atoms with Crippen molar-refractivity contribution in [3.8, 4) is 11.1 Å². The van der Waals surface area contributed by atoms with Crippen molar-refractivity contribution in [2.24, 2.45) is 0 Å². The Labute approximate surface area is 232 Å². The Morgan fingerprint density at radius 2 is 2.02 bits per heavy atom. The molecule has 9 nitrogen and oxygen atoms in total. The molecule has 4 aromatic rings. The van der Waals surface area contributed by atoms with Crippen LogP contribution in [-0.2, 0) is 14.3 Å². The van der Waals surface area contributed by atoms with E-state index in [1.54, 1.807) is 6.08 Å². The van der Waals surface area contributed by atoms with Gasteiger partial charge in [0.15, 0.2) is 11.6 Å². The second-order valence-corrected chi connectivity index (χ2v) is 10.6.